The van der Waals surface area contributed by atoms with Gasteiger partial charge in [-0.1, -0.05) is 43.7 Å². The Bertz CT molecular complexity index is 576. The van der Waals surface area contributed by atoms with Crippen LogP contribution in [0, 0.1) is 0 Å². The smallest absolute Gasteiger partial charge is 0.247 e. The Morgan fingerprint density at radius 3 is 2.65 bits per heavy atom. The van der Waals surface area contributed by atoms with Gasteiger partial charge in [0.15, 0.2) is 0 Å². The minimum Gasteiger partial charge on any atom is -0.350 e. The van der Waals surface area contributed by atoms with Crippen LogP contribution in [-0.4, -0.2) is 54.3 Å². The zero-order valence-corrected chi connectivity index (χ0v) is 16.4. The van der Waals surface area contributed by atoms with Gasteiger partial charge in [0.05, 0.1) is 0 Å². The number of nitrogens with one attached hydrogen (secondary N) is 1. The van der Waals surface area contributed by atoms with E-state index in [4.69, 9.17) is 0 Å². The molecule has 1 aliphatic rings. The second kappa shape index (κ2) is 10.3. The molecule has 0 unspecified atom stereocenters. The molecule has 1 heterocycles. The van der Waals surface area contributed by atoms with Crippen LogP contribution in [0.1, 0.15) is 57.6 Å². The number of hydrogen-bond donors (Lipinski definition) is 1. The molecule has 1 aliphatic heterocycles. The molecule has 0 spiro atoms. The van der Waals surface area contributed by atoms with Crippen LogP contribution < -0.4 is 5.32 Å². The maximum absolute atomic E-state index is 13.1. The maximum atomic E-state index is 13.1. The average Bonchev–Trinajstić information content (AvgIpc) is 2.62. The van der Waals surface area contributed by atoms with Gasteiger partial charge in [-0.3, -0.25) is 9.59 Å². The fourth-order valence-corrected chi connectivity index (χ4v) is 3.56. The van der Waals surface area contributed by atoms with Gasteiger partial charge in [-0.2, -0.15) is 0 Å². The van der Waals surface area contributed by atoms with Gasteiger partial charge < -0.3 is 15.1 Å². The lowest BCUT2D eigenvalue weighted by Gasteiger charge is -2.35. The molecule has 144 valence electrons. The number of unbranched alkanes of at least 4 members (excludes halogenated alkanes) is 1. The molecule has 0 bridgehead atoms. The molecule has 2 rings (SSSR count). The quantitative estimate of drug-likeness (QED) is 0.737. The van der Waals surface area contributed by atoms with Gasteiger partial charge in [0.2, 0.25) is 11.8 Å². The molecule has 1 fully saturated rings. The summed E-state index contributed by atoms with van der Waals surface area (Å²) in [5.41, 5.74) is 0.881. The second-order valence-electron chi connectivity index (χ2n) is 7.38. The molecule has 1 aromatic carbocycles. The van der Waals surface area contributed by atoms with Crippen LogP contribution in [0.5, 0.6) is 0 Å². The van der Waals surface area contributed by atoms with Crippen LogP contribution in [0.2, 0.25) is 0 Å². The van der Waals surface area contributed by atoms with E-state index in [9.17, 15) is 9.59 Å². The van der Waals surface area contributed by atoms with Crippen LogP contribution in [-0.2, 0) is 9.59 Å². The van der Waals surface area contributed by atoms with Crippen molar-refractivity contribution in [2.24, 2.45) is 0 Å². The number of nitrogens with zero attached hydrogens (tertiary/aromatic N) is 2. The van der Waals surface area contributed by atoms with Gasteiger partial charge in [0, 0.05) is 25.6 Å². The number of rotatable bonds is 9. The first-order valence-electron chi connectivity index (χ1n) is 9.86. The van der Waals surface area contributed by atoms with Gasteiger partial charge in [-0.05, 0) is 45.3 Å². The van der Waals surface area contributed by atoms with E-state index < -0.39 is 6.04 Å². The Labute approximate surface area is 157 Å². The predicted molar refractivity (Wildman–Crippen MR) is 105 cm³/mol. The van der Waals surface area contributed by atoms with Crippen molar-refractivity contribution < 1.29 is 9.59 Å². The van der Waals surface area contributed by atoms with Crippen molar-refractivity contribution >= 4 is 11.8 Å². The highest BCUT2D eigenvalue weighted by Crippen LogP contribution is 2.25. The number of carbonyl (C=O) groups is 2. The van der Waals surface area contributed by atoms with Gasteiger partial charge >= 0.3 is 0 Å². The number of piperidine rings is 1. The first kappa shape index (κ1) is 20.4. The minimum absolute atomic E-state index is 0.0375. The lowest BCUT2D eigenvalue weighted by Crippen LogP contribution is -2.49. The van der Waals surface area contributed by atoms with Crippen molar-refractivity contribution in [1.82, 2.24) is 15.1 Å². The number of likely N-dealkylation sites (N-methyl/N-ethyl adjacent to an activating group) is 1. The summed E-state index contributed by atoms with van der Waals surface area (Å²) < 4.78 is 0. The fourth-order valence-electron chi connectivity index (χ4n) is 3.56. The van der Waals surface area contributed by atoms with Crippen molar-refractivity contribution in [3.05, 3.63) is 35.9 Å². The topological polar surface area (TPSA) is 52.7 Å². The number of amides is 2. The molecule has 2 atom stereocenters. The molecule has 0 saturated carbocycles. The monoisotopic (exact) mass is 359 g/mol. The SMILES string of the molecule is CCCCN(C)C[C@@H](C)NC(=O)[C@H](c1ccccc1)N1CCCCC1=O. The summed E-state index contributed by atoms with van der Waals surface area (Å²) in [6, 6.07) is 9.15. The number of likely N-dealkylation sites (tertiary alicyclic amines) is 1. The van der Waals surface area contributed by atoms with Crippen LogP contribution in [0.15, 0.2) is 30.3 Å². The van der Waals surface area contributed by atoms with E-state index in [1.54, 1.807) is 4.90 Å². The Hall–Kier alpha value is -1.88. The van der Waals surface area contributed by atoms with Crippen LogP contribution >= 0.6 is 0 Å². The molecule has 0 aromatic heterocycles. The molecule has 0 aliphatic carbocycles. The first-order chi connectivity index (χ1) is 12.5. The molecule has 0 radical (unpaired) electrons. The molecule has 5 nitrogen and oxygen atoms in total. The molecule has 26 heavy (non-hydrogen) atoms. The second-order valence-corrected chi connectivity index (χ2v) is 7.38. The number of hydrogen-bond acceptors (Lipinski definition) is 3. The van der Waals surface area contributed by atoms with E-state index >= 15 is 0 Å². The fraction of sp³-hybridized carbons (Fsp3) is 0.619. The van der Waals surface area contributed by atoms with E-state index in [1.165, 1.54) is 0 Å². The Morgan fingerprint density at radius 2 is 2.00 bits per heavy atom. The van der Waals surface area contributed by atoms with Crippen LogP contribution in [0.25, 0.3) is 0 Å². The molecule has 1 aromatic rings. The molecule has 5 heteroatoms. The van der Waals surface area contributed by atoms with Gasteiger partial charge in [-0.15, -0.1) is 0 Å². The zero-order valence-electron chi connectivity index (χ0n) is 16.4. The first-order valence-corrected chi connectivity index (χ1v) is 9.86. The van der Waals surface area contributed by atoms with Crippen LogP contribution in [0.3, 0.4) is 0 Å². The highest BCUT2D eigenvalue weighted by molar-refractivity contribution is 5.89. The largest absolute Gasteiger partial charge is 0.350 e. The molecule has 2 amide bonds. The Balaban J connectivity index is 2.07. The van der Waals surface area contributed by atoms with Crippen molar-refractivity contribution in [2.75, 3.05) is 26.7 Å². The van der Waals surface area contributed by atoms with E-state index in [0.29, 0.717) is 13.0 Å². The summed E-state index contributed by atoms with van der Waals surface area (Å²) in [6.07, 6.45) is 4.73. The van der Waals surface area contributed by atoms with Gasteiger partial charge in [0.25, 0.3) is 0 Å². The van der Waals surface area contributed by atoms with E-state index in [0.717, 1.165) is 44.3 Å². The summed E-state index contributed by atoms with van der Waals surface area (Å²) in [4.78, 5) is 29.5. The lowest BCUT2D eigenvalue weighted by molar-refractivity contribution is -0.143. The summed E-state index contributed by atoms with van der Waals surface area (Å²) in [5.74, 6) is -0.00388. The third-order valence-corrected chi connectivity index (χ3v) is 4.90. The van der Waals surface area contributed by atoms with E-state index in [1.807, 2.05) is 37.3 Å². The average molecular weight is 360 g/mol. The summed E-state index contributed by atoms with van der Waals surface area (Å²) in [5, 5.41) is 3.13. The molecule has 1 N–H and O–H groups in total. The highest BCUT2D eigenvalue weighted by atomic mass is 16.2. The minimum atomic E-state index is -0.535. The maximum Gasteiger partial charge on any atom is 0.247 e. The van der Waals surface area contributed by atoms with Gasteiger partial charge in [-0.25, -0.2) is 0 Å². The van der Waals surface area contributed by atoms with Crippen molar-refractivity contribution in [3.8, 4) is 0 Å². The highest BCUT2D eigenvalue weighted by Gasteiger charge is 2.33. The van der Waals surface area contributed by atoms with Crippen molar-refractivity contribution in [2.45, 2.75) is 58.0 Å². The summed E-state index contributed by atoms with van der Waals surface area (Å²) in [7, 11) is 2.08. The third-order valence-electron chi connectivity index (χ3n) is 4.90. The zero-order chi connectivity index (χ0) is 18.9. The van der Waals surface area contributed by atoms with Crippen LogP contribution in [0.4, 0.5) is 0 Å². The number of carbonyl (C=O) groups excluding carboxylic acids is 2. The van der Waals surface area contributed by atoms with Gasteiger partial charge in [0.1, 0.15) is 6.04 Å². The standard InChI is InChI=1S/C21H33N3O2/c1-4-5-14-23(3)16-17(2)22-21(26)20(18-11-7-6-8-12-18)24-15-10-9-13-19(24)25/h6-8,11-12,17,20H,4-5,9-10,13-16H2,1-3H3,(H,22,26)/t17-,20+/m1/s1. The predicted octanol–water partition coefficient (Wildman–Crippen LogP) is 2.98. The molecular formula is C21H33N3O2. The summed E-state index contributed by atoms with van der Waals surface area (Å²) in [6.45, 7) is 6.70. The third kappa shape index (κ3) is 5.84. The van der Waals surface area contributed by atoms with Crippen molar-refractivity contribution in [1.29, 1.82) is 0 Å². The Morgan fingerprint density at radius 1 is 1.27 bits per heavy atom. The molecule has 1 saturated heterocycles. The normalized spacial score (nSPS) is 17.2. The van der Waals surface area contributed by atoms with Crippen molar-refractivity contribution in [3.63, 3.8) is 0 Å². The lowest BCUT2D eigenvalue weighted by atomic mass is 10.00. The number of benzene rings is 1. The summed E-state index contributed by atoms with van der Waals surface area (Å²) >= 11 is 0. The Kier molecular flexibility index (Phi) is 8.10. The molecular weight excluding hydrogens is 326 g/mol. The van der Waals surface area contributed by atoms with E-state index in [-0.39, 0.29) is 17.9 Å². The van der Waals surface area contributed by atoms with E-state index in [2.05, 4.69) is 24.2 Å².